The zero-order chi connectivity index (χ0) is 16.6. The first-order chi connectivity index (χ1) is 10.3. The number of aliphatic hydroxyl groups is 1. The molecule has 2 unspecified atom stereocenters. The second kappa shape index (κ2) is 8.91. The zero-order valence-electron chi connectivity index (χ0n) is 14.1. The Bertz CT molecular complexity index is 439. The molecule has 0 bridgehead atoms. The van der Waals surface area contributed by atoms with Crippen molar-refractivity contribution in [1.82, 2.24) is 5.32 Å². The fourth-order valence-corrected chi connectivity index (χ4v) is 2.19. The maximum absolute atomic E-state index is 12.3. The number of nitrogens with one attached hydrogen (secondary N) is 1. The van der Waals surface area contributed by atoms with Gasteiger partial charge >= 0.3 is 5.97 Å². The van der Waals surface area contributed by atoms with Gasteiger partial charge in [-0.25, -0.2) is 0 Å². The van der Waals surface area contributed by atoms with Crippen LogP contribution in [0.2, 0.25) is 0 Å². The van der Waals surface area contributed by atoms with Crippen LogP contribution in [0.1, 0.15) is 52.5 Å². The van der Waals surface area contributed by atoms with E-state index in [1.165, 1.54) is 5.56 Å². The van der Waals surface area contributed by atoms with Gasteiger partial charge < -0.3 is 9.84 Å². The first-order valence-electron chi connectivity index (χ1n) is 8.02. The van der Waals surface area contributed by atoms with E-state index in [4.69, 9.17) is 4.74 Å². The molecule has 0 fully saturated rings. The Kier molecular flexibility index (Phi) is 7.56. The highest BCUT2D eigenvalue weighted by atomic mass is 16.6. The van der Waals surface area contributed by atoms with E-state index in [9.17, 15) is 9.90 Å². The Morgan fingerprint density at radius 1 is 1.23 bits per heavy atom. The predicted octanol–water partition coefficient (Wildman–Crippen LogP) is 3.04. The number of carbonyl (C=O) groups excluding carboxylic acids is 1. The normalized spacial score (nSPS) is 14.4. The smallest absolute Gasteiger partial charge is 0.323 e. The minimum absolute atomic E-state index is 0.307. The van der Waals surface area contributed by atoms with Gasteiger partial charge in [0.1, 0.15) is 17.9 Å². The molecule has 1 rings (SSSR count). The average molecular weight is 307 g/mol. The molecule has 124 valence electrons. The van der Waals surface area contributed by atoms with Gasteiger partial charge in [0.05, 0.1) is 0 Å². The van der Waals surface area contributed by atoms with Gasteiger partial charge in [-0.15, -0.1) is 0 Å². The van der Waals surface area contributed by atoms with Crippen LogP contribution in [0.15, 0.2) is 30.3 Å². The van der Waals surface area contributed by atoms with Crippen molar-refractivity contribution in [3.05, 3.63) is 35.9 Å². The number of esters is 1. The van der Waals surface area contributed by atoms with E-state index < -0.39 is 17.9 Å². The molecule has 0 aliphatic carbocycles. The van der Waals surface area contributed by atoms with Crippen LogP contribution in [-0.4, -0.2) is 28.9 Å². The Labute approximate surface area is 133 Å². The molecule has 0 radical (unpaired) electrons. The molecule has 1 aromatic rings. The lowest BCUT2D eigenvalue weighted by Gasteiger charge is -2.26. The van der Waals surface area contributed by atoms with Crippen molar-refractivity contribution in [2.45, 2.75) is 71.2 Å². The van der Waals surface area contributed by atoms with Gasteiger partial charge in [0, 0.05) is 0 Å². The third-order valence-corrected chi connectivity index (χ3v) is 3.21. The molecule has 0 amide bonds. The molecule has 4 heteroatoms. The van der Waals surface area contributed by atoms with Crippen molar-refractivity contribution in [2.75, 3.05) is 0 Å². The van der Waals surface area contributed by atoms with Crippen LogP contribution in [0.25, 0.3) is 0 Å². The largest absolute Gasteiger partial charge is 0.459 e. The molecule has 1 aromatic carbocycles. The quantitative estimate of drug-likeness (QED) is 0.572. The molecule has 2 N–H and O–H groups in total. The van der Waals surface area contributed by atoms with Crippen LogP contribution in [0.5, 0.6) is 0 Å². The monoisotopic (exact) mass is 307 g/mol. The van der Waals surface area contributed by atoms with E-state index in [0.29, 0.717) is 12.8 Å². The molecule has 2 atom stereocenters. The third-order valence-electron chi connectivity index (χ3n) is 3.21. The summed E-state index contributed by atoms with van der Waals surface area (Å²) in [7, 11) is 0. The lowest BCUT2D eigenvalue weighted by molar-refractivity contribution is -0.158. The maximum atomic E-state index is 12.3. The molecule has 0 saturated carbocycles. The van der Waals surface area contributed by atoms with E-state index >= 15 is 0 Å². The van der Waals surface area contributed by atoms with Crippen molar-refractivity contribution >= 4 is 5.97 Å². The van der Waals surface area contributed by atoms with Crippen molar-refractivity contribution in [1.29, 1.82) is 0 Å². The minimum Gasteiger partial charge on any atom is -0.459 e. The number of aryl methyl sites for hydroxylation is 1. The molecule has 0 aliphatic heterocycles. The average Bonchev–Trinajstić information content (AvgIpc) is 2.43. The fraction of sp³-hybridized carbons (Fsp3) is 0.611. The second-order valence-electron chi connectivity index (χ2n) is 6.58. The molecule has 0 aromatic heterocycles. The second-order valence-corrected chi connectivity index (χ2v) is 6.58. The topological polar surface area (TPSA) is 58.6 Å². The van der Waals surface area contributed by atoms with Crippen LogP contribution >= 0.6 is 0 Å². The predicted molar refractivity (Wildman–Crippen MR) is 88.4 cm³/mol. The lowest BCUT2D eigenvalue weighted by atomic mass is 10.0. The Balaban J connectivity index is 2.66. The summed E-state index contributed by atoms with van der Waals surface area (Å²) in [5.41, 5.74) is 0.641. The van der Waals surface area contributed by atoms with Crippen molar-refractivity contribution in [2.24, 2.45) is 0 Å². The molecule has 22 heavy (non-hydrogen) atoms. The number of ether oxygens (including phenoxy) is 1. The molecular formula is C18H29NO3. The Hall–Kier alpha value is -1.39. The zero-order valence-corrected chi connectivity index (χ0v) is 14.1. The number of rotatable bonds is 8. The standard InChI is InChI=1S/C18H29NO3/c1-5-9-16(20)19-15(17(21)22-18(2,3)4)13-12-14-10-7-6-8-11-14/h6-8,10-11,15-16,19-20H,5,9,12-13H2,1-4H3. The lowest BCUT2D eigenvalue weighted by Crippen LogP contribution is -2.46. The van der Waals surface area contributed by atoms with E-state index in [1.54, 1.807) is 0 Å². The summed E-state index contributed by atoms with van der Waals surface area (Å²) in [5, 5.41) is 12.9. The first-order valence-corrected chi connectivity index (χ1v) is 8.02. The number of carbonyl (C=O) groups is 1. The van der Waals surface area contributed by atoms with Crippen LogP contribution in [0.4, 0.5) is 0 Å². The summed E-state index contributed by atoms with van der Waals surface area (Å²) in [6.07, 6.45) is 2.15. The molecule has 0 heterocycles. The van der Waals surface area contributed by atoms with Gasteiger partial charge in [-0.2, -0.15) is 0 Å². The van der Waals surface area contributed by atoms with E-state index in [-0.39, 0.29) is 5.97 Å². The maximum Gasteiger partial charge on any atom is 0.323 e. The van der Waals surface area contributed by atoms with E-state index in [0.717, 1.165) is 12.8 Å². The number of hydrogen-bond donors (Lipinski definition) is 2. The van der Waals surface area contributed by atoms with Crippen molar-refractivity contribution < 1.29 is 14.6 Å². The van der Waals surface area contributed by atoms with Gasteiger partial charge in [0.15, 0.2) is 0 Å². The number of benzene rings is 1. The Morgan fingerprint density at radius 3 is 2.41 bits per heavy atom. The summed E-state index contributed by atoms with van der Waals surface area (Å²) in [6, 6.07) is 9.51. The summed E-state index contributed by atoms with van der Waals surface area (Å²) in [4.78, 5) is 12.3. The van der Waals surface area contributed by atoms with Crippen molar-refractivity contribution in [3.8, 4) is 0 Å². The molecular weight excluding hydrogens is 278 g/mol. The first kappa shape index (κ1) is 18.7. The summed E-state index contributed by atoms with van der Waals surface area (Å²) >= 11 is 0. The van der Waals surface area contributed by atoms with Gasteiger partial charge in [-0.1, -0.05) is 43.7 Å². The molecule has 0 aliphatic rings. The van der Waals surface area contributed by atoms with E-state index in [1.807, 2.05) is 58.0 Å². The Morgan fingerprint density at radius 2 is 1.86 bits per heavy atom. The minimum atomic E-state index is -0.682. The highest BCUT2D eigenvalue weighted by Gasteiger charge is 2.26. The molecule has 0 spiro atoms. The summed E-state index contributed by atoms with van der Waals surface area (Å²) < 4.78 is 5.45. The van der Waals surface area contributed by atoms with Crippen LogP contribution in [0, 0.1) is 0 Å². The van der Waals surface area contributed by atoms with Crippen LogP contribution < -0.4 is 5.32 Å². The van der Waals surface area contributed by atoms with Gasteiger partial charge in [0.25, 0.3) is 0 Å². The highest BCUT2D eigenvalue weighted by molar-refractivity contribution is 5.76. The molecule has 0 saturated heterocycles. The van der Waals surface area contributed by atoms with Gasteiger partial charge in [-0.05, 0) is 45.6 Å². The number of hydrogen-bond acceptors (Lipinski definition) is 4. The van der Waals surface area contributed by atoms with Crippen LogP contribution in [0.3, 0.4) is 0 Å². The summed E-state index contributed by atoms with van der Waals surface area (Å²) in [6.45, 7) is 7.54. The number of aliphatic hydroxyl groups excluding tert-OH is 1. The van der Waals surface area contributed by atoms with Crippen molar-refractivity contribution in [3.63, 3.8) is 0 Å². The highest BCUT2D eigenvalue weighted by Crippen LogP contribution is 2.13. The fourth-order valence-electron chi connectivity index (χ4n) is 2.19. The van der Waals surface area contributed by atoms with Crippen LogP contribution in [-0.2, 0) is 16.0 Å². The van der Waals surface area contributed by atoms with Gasteiger partial charge in [-0.3, -0.25) is 10.1 Å². The van der Waals surface area contributed by atoms with Gasteiger partial charge in [0.2, 0.25) is 0 Å². The SMILES string of the molecule is CCCC(O)NC(CCc1ccccc1)C(=O)OC(C)(C)C. The third kappa shape index (κ3) is 7.57. The molecule has 4 nitrogen and oxygen atoms in total. The summed E-state index contributed by atoms with van der Waals surface area (Å²) in [5.74, 6) is -0.307. The van der Waals surface area contributed by atoms with E-state index in [2.05, 4.69) is 5.32 Å².